The van der Waals surface area contributed by atoms with Crippen LogP contribution in [0, 0.1) is 0 Å². The van der Waals surface area contributed by atoms with Gasteiger partial charge in [0, 0.05) is 19.8 Å². The molecule has 0 radical (unpaired) electrons. The summed E-state index contributed by atoms with van der Waals surface area (Å²) in [5.41, 5.74) is 2.42. The summed E-state index contributed by atoms with van der Waals surface area (Å²) in [7, 11) is 1.99. The SMILES string of the molecule is Cn1cnc(C2=CCCNC2)c1. The number of aryl methyl sites for hydroxylation is 1. The number of imidazole rings is 1. The van der Waals surface area contributed by atoms with E-state index in [4.69, 9.17) is 0 Å². The molecule has 1 N–H and O–H groups in total. The minimum absolute atomic E-state index is 0.955. The topological polar surface area (TPSA) is 29.9 Å². The highest BCUT2D eigenvalue weighted by molar-refractivity contribution is 5.64. The summed E-state index contributed by atoms with van der Waals surface area (Å²) < 4.78 is 1.98. The Labute approximate surface area is 72.1 Å². The van der Waals surface area contributed by atoms with Crippen molar-refractivity contribution in [3.05, 3.63) is 24.3 Å². The number of aromatic nitrogens is 2. The van der Waals surface area contributed by atoms with Crippen LogP contribution in [0.2, 0.25) is 0 Å². The minimum atomic E-state index is 0.955. The van der Waals surface area contributed by atoms with Crippen LogP contribution in [0.1, 0.15) is 12.1 Å². The molecule has 2 heterocycles. The Morgan fingerprint density at radius 3 is 3.08 bits per heavy atom. The van der Waals surface area contributed by atoms with Gasteiger partial charge in [-0.1, -0.05) is 6.08 Å². The van der Waals surface area contributed by atoms with E-state index in [0.29, 0.717) is 0 Å². The number of nitrogens with zero attached hydrogens (tertiary/aromatic N) is 2. The van der Waals surface area contributed by atoms with Crippen molar-refractivity contribution in [2.75, 3.05) is 13.1 Å². The lowest BCUT2D eigenvalue weighted by Gasteiger charge is -2.11. The third kappa shape index (κ3) is 1.41. The van der Waals surface area contributed by atoms with Crippen molar-refractivity contribution >= 4 is 5.57 Å². The van der Waals surface area contributed by atoms with E-state index in [-0.39, 0.29) is 0 Å². The molecular weight excluding hydrogens is 150 g/mol. The average molecular weight is 163 g/mol. The summed E-state index contributed by atoms with van der Waals surface area (Å²) >= 11 is 0. The molecule has 0 spiro atoms. The van der Waals surface area contributed by atoms with Gasteiger partial charge in [0.15, 0.2) is 0 Å². The summed E-state index contributed by atoms with van der Waals surface area (Å²) in [5.74, 6) is 0. The van der Waals surface area contributed by atoms with Crippen LogP contribution >= 0.6 is 0 Å². The monoisotopic (exact) mass is 163 g/mol. The molecule has 12 heavy (non-hydrogen) atoms. The summed E-state index contributed by atoms with van der Waals surface area (Å²) in [4.78, 5) is 4.29. The Bertz CT molecular complexity index is 298. The number of rotatable bonds is 1. The Kier molecular flexibility index (Phi) is 1.96. The first kappa shape index (κ1) is 7.55. The van der Waals surface area contributed by atoms with Crippen LogP contribution in [0.5, 0.6) is 0 Å². The Hall–Kier alpha value is -1.09. The zero-order valence-electron chi connectivity index (χ0n) is 7.25. The lowest BCUT2D eigenvalue weighted by Crippen LogP contribution is -2.21. The van der Waals surface area contributed by atoms with Crippen LogP contribution in [0.4, 0.5) is 0 Å². The Morgan fingerprint density at radius 2 is 2.50 bits per heavy atom. The molecule has 0 aromatic carbocycles. The van der Waals surface area contributed by atoms with E-state index in [0.717, 1.165) is 25.2 Å². The van der Waals surface area contributed by atoms with Gasteiger partial charge in [-0.3, -0.25) is 0 Å². The second kappa shape index (κ2) is 3.11. The first-order valence-electron chi connectivity index (χ1n) is 4.24. The van der Waals surface area contributed by atoms with Gasteiger partial charge in [0.05, 0.1) is 12.0 Å². The van der Waals surface area contributed by atoms with Crippen molar-refractivity contribution in [2.45, 2.75) is 6.42 Å². The van der Waals surface area contributed by atoms with Crippen LogP contribution in [0.3, 0.4) is 0 Å². The molecule has 1 aliphatic rings. The molecule has 2 rings (SSSR count). The fraction of sp³-hybridized carbons (Fsp3) is 0.444. The lowest BCUT2D eigenvalue weighted by molar-refractivity contribution is 0.737. The molecule has 0 saturated heterocycles. The van der Waals surface area contributed by atoms with Gasteiger partial charge < -0.3 is 9.88 Å². The standard InChI is InChI=1S/C9H13N3/c1-12-6-9(11-7-12)8-3-2-4-10-5-8/h3,6-7,10H,2,4-5H2,1H3. The van der Waals surface area contributed by atoms with Gasteiger partial charge >= 0.3 is 0 Å². The predicted molar refractivity (Wildman–Crippen MR) is 48.7 cm³/mol. The van der Waals surface area contributed by atoms with Crippen molar-refractivity contribution in [1.82, 2.24) is 14.9 Å². The fourth-order valence-electron chi connectivity index (χ4n) is 1.42. The van der Waals surface area contributed by atoms with E-state index in [9.17, 15) is 0 Å². The summed E-state index contributed by atoms with van der Waals surface area (Å²) in [6, 6.07) is 0. The normalized spacial score (nSPS) is 17.6. The molecule has 3 heteroatoms. The van der Waals surface area contributed by atoms with Gasteiger partial charge in [0.25, 0.3) is 0 Å². The highest BCUT2D eigenvalue weighted by atomic mass is 15.0. The smallest absolute Gasteiger partial charge is 0.0951 e. The van der Waals surface area contributed by atoms with Crippen molar-refractivity contribution in [2.24, 2.45) is 7.05 Å². The van der Waals surface area contributed by atoms with E-state index < -0.39 is 0 Å². The van der Waals surface area contributed by atoms with E-state index in [1.54, 1.807) is 0 Å². The lowest BCUT2D eigenvalue weighted by atomic mass is 10.1. The van der Waals surface area contributed by atoms with Crippen molar-refractivity contribution in [3.8, 4) is 0 Å². The van der Waals surface area contributed by atoms with E-state index >= 15 is 0 Å². The van der Waals surface area contributed by atoms with Crippen LogP contribution in [-0.4, -0.2) is 22.6 Å². The largest absolute Gasteiger partial charge is 0.340 e. The van der Waals surface area contributed by atoms with Crippen molar-refractivity contribution in [1.29, 1.82) is 0 Å². The van der Waals surface area contributed by atoms with Crippen LogP contribution in [0.15, 0.2) is 18.6 Å². The molecule has 0 atom stereocenters. The number of hydrogen-bond acceptors (Lipinski definition) is 2. The summed E-state index contributed by atoms with van der Waals surface area (Å²) in [6.07, 6.45) is 7.27. The quantitative estimate of drug-likeness (QED) is 0.663. The molecule has 0 bridgehead atoms. The second-order valence-electron chi connectivity index (χ2n) is 3.12. The van der Waals surface area contributed by atoms with Gasteiger partial charge in [-0.05, 0) is 18.5 Å². The highest BCUT2D eigenvalue weighted by Crippen LogP contribution is 2.13. The van der Waals surface area contributed by atoms with Gasteiger partial charge in [-0.15, -0.1) is 0 Å². The molecular formula is C9H13N3. The molecule has 0 fully saturated rings. The molecule has 64 valence electrons. The fourth-order valence-corrected chi connectivity index (χ4v) is 1.42. The first-order chi connectivity index (χ1) is 5.86. The van der Waals surface area contributed by atoms with Crippen molar-refractivity contribution in [3.63, 3.8) is 0 Å². The highest BCUT2D eigenvalue weighted by Gasteiger charge is 2.06. The van der Waals surface area contributed by atoms with Crippen LogP contribution < -0.4 is 5.32 Å². The van der Waals surface area contributed by atoms with Crippen LogP contribution in [-0.2, 0) is 7.05 Å². The third-order valence-electron chi connectivity index (χ3n) is 2.06. The molecule has 0 aliphatic carbocycles. The third-order valence-corrected chi connectivity index (χ3v) is 2.06. The molecule has 1 aliphatic heterocycles. The number of hydrogen-bond donors (Lipinski definition) is 1. The van der Waals surface area contributed by atoms with E-state index in [2.05, 4.69) is 22.6 Å². The first-order valence-corrected chi connectivity index (χ1v) is 4.24. The molecule has 0 saturated carbocycles. The van der Waals surface area contributed by atoms with Crippen molar-refractivity contribution < 1.29 is 0 Å². The Balaban J connectivity index is 2.23. The molecule has 0 amide bonds. The van der Waals surface area contributed by atoms with E-state index in [1.807, 2.05) is 17.9 Å². The predicted octanol–water partition coefficient (Wildman–Crippen LogP) is 0.797. The van der Waals surface area contributed by atoms with Gasteiger partial charge in [0.1, 0.15) is 0 Å². The van der Waals surface area contributed by atoms with Gasteiger partial charge in [0.2, 0.25) is 0 Å². The van der Waals surface area contributed by atoms with Gasteiger partial charge in [-0.25, -0.2) is 4.98 Å². The summed E-state index contributed by atoms with van der Waals surface area (Å²) in [5, 5.41) is 3.33. The average Bonchev–Trinajstić information content (AvgIpc) is 2.54. The zero-order valence-corrected chi connectivity index (χ0v) is 7.25. The minimum Gasteiger partial charge on any atom is -0.340 e. The Morgan fingerprint density at radius 1 is 1.58 bits per heavy atom. The molecule has 3 nitrogen and oxygen atoms in total. The molecule has 0 unspecified atom stereocenters. The maximum atomic E-state index is 4.29. The molecule has 1 aromatic heterocycles. The maximum absolute atomic E-state index is 4.29. The van der Waals surface area contributed by atoms with E-state index in [1.165, 1.54) is 5.57 Å². The zero-order chi connectivity index (χ0) is 8.39. The number of nitrogens with one attached hydrogen (secondary N) is 1. The summed E-state index contributed by atoms with van der Waals surface area (Å²) in [6.45, 7) is 2.05. The van der Waals surface area contributed by atoms with Crippen LogP contribution in [0.25, 0.3) is 5.57 Å². The van der Waals surface area contributed by atoms with Gasteiger partial charge in [-0.2, -0.15) is 0 Å². The maximum Gasteiger partial charge on any atom is 0.0951 e. The molecule has 1 aromatic rings. The second-order valence-corrected chi connectivity index (χ2v) is 3.12.